The van der Waals surface area contributed by atoms with Crippen LogP contribution in [0.1, 0.15) is 30.6 Å². The average Bonchev–Trinajstić information content (AvgIpc) is 3.63. The first-order valence-corrected chi connectivity index (χ1v) is 11.0. The van der Waals surface area contributed by atoms with Crippen molar-refractivity contribution >= 4 is 17.6 Å². The fraction of sp³-hybridized carbons (Fsp3) is 0.400. The van der Waals surface area contributed by atoms with Crippen LogP contribution in [0.3, 0.4) is 0 Å². The molecule has 0 aliphatic carbocycles. The average molecular weight is 455 g/mol. The van der Waals surface area contributed by atoms with Crippen molar-refractivity contribution < 1.29 is 29.3 Å². The number of hydrogen-bond donors (Lipinski definition) is 4. The molecule has 33 heavy (non-hydrogen) atoms. The molecule has 3 rings (SSSR count). The zero-order valence-corrected chi connectivity index (χ0v) is 18.8. The molecule has 1 fully saturated rings. The van der Waals surface area contributed by atoms with Crippen LogP contribution in [0.4, 0.5) is 0 Å². The predicted molar refractivity (Wildman–Crippen MR) is 122 cm³/mol. The van der Waals surface area contributed by atoms with Crippen LogP contribution in [-0.2, 0) is 14.3 Å². The standard InChI is InChI=1S/C25H30N2O6/c1-16(2)11-20(22(30)25(14-29)15-33-25)26-24(32)21(13-28)27-23(31)19-10-6-9-18(12-19)17-7-4-3-5-8-17/h3-10,12,16,20-21,28-29H,11,13-15H2,1-2H3,(H,26,32)(H,27,31)/t20-,21-,25+/m0/s1. The van der Waals surface area contributed by atoms with Crippen LogP contribution in [0, 0.1) is 5.92 Å². The normalized spacial score (nSPS) is 18.9. The van der Waals surface area contributed by atoms with Crippen LogP contribution < -0.4 is 10.6 Å². The number of amides is 2. The highest BCUT2D eigenvalue weighted by Crippen LogP contribution is 2.30. The van der Waals surface area contributed by atoms with Crippen molar-refractivity contribution in [2.24, 2.45) is 5.92 Å². The number of aliphatic hydroxyl groups is 2. The summed E-state index contributed by atoms with van der Waals surface area (Å²) in [6.45, 7) is 2.80. The minimum atomic E-state index is -1.28. The highest BCUT2D eigenvalue weighted by atomic mass is 16.6. The molecule has 0 radical (unpaired) electrons. The van der Waals surface area contributed by atoms with Gasteiger partial charge >= 0.3 is 0 Å². The van der Waals surface area contributed by atoms with Crippen molar-refractivity contribution in [1.29, 1.82) is 0 Å². The van der Waals surface area contributed by atoms with Crippen LogP contribution in [0.2, 0.25) is 0 Å². The molecule has 1 aliphatic heterocycles. The predicted octanol–water partition coefficient (Wildman–Crippen LogP) is 1.31. The number of carbonyl (C=O) groups is 3. The number of Topliss-reactive ketones (excluding diaryl/α,β-unsaturated/α-hetero) is 1. The summed E-state index contributed by atoms with van der Waals surface area (Å²) in [7, 11) is 0. The van der Waals surface area contributed by atoms with Crippen LogP contribution in [0.25, 0.3) is 11.1 Å². The first kappa shape index (κ1) is 24.6. The second-order valence-corrected chi connectivity index (χ2v) is 8.65. The topological polar surface area (TPSA) is 128 Å². The lowest BCUT2D eigenvalue weighted by Gasteiger charge is -2.24. The quantitative estimate of drug-likeness (QED) is 0.379. The number of carbonyl (C=O) groups excluding carboxylic acids is 3. The Morgan fingerprint density at radius 3 is 2.21 bits per heavy atom. The molecule has 1 heterocycles. The van der Waals surface area contributed by atoms with Gasteiger partial charge in [0.05, 0.1) is 25.9 Å². The Labute approximate surface area is 193 Å². The summed E-state index contributed by atoms with van der Waals surface area (Å²) in [6, 6.07) is 14.4. The number of nitrogens with one attached hydrogen (secondary N) is 2. The largest absolute Gasteiger partial charge is 0.394 e. The maximum Gasteiger partial charge on any atom is 0.252 e. The summed E-state index contributed by atoms with van der Waals surface area (Å²) < 4.78 is 5.14. The molecule has 4 N–H and O–H groups in total. The summed E-state index contributed by atoms with van der Waals surface area (Å²) in [6.07, 6.45) is 0.334. The molecule has 8 nitrogen and oxygen atoms in total. The summed E-state index contributed by atoms with van der Waals surface area (Å²) in [5.74, 6) is -1.54. The number of hydrogen-bond acceptors (Lipinski definition) is 6. The molecule has 1 aliphatic rings. The van der Waals surface area contributed by atoms with E-state index in [0.29, 0.717) is 12.0 Å². The van der Waals surface area contributed by atoms with Crippen LogP contribution >= 0.6 is 0 Å². The van der Waals surface area contributed by atoms with Gasteiger partial charge in [0.1, 0.15) is 6.04 Å². The first-order chi connectivity index (χ1) is 15.8. The van der Waals surface area contributed by atoms with Gasteiger partial charge in [0.25, 0.3) is 5.91 Å². The molecule has 0 spiro atoms. The van der Waals surface area contributed by atoms with E-state index in [2.05, 4.69) is 10.6 Å². The molecular formula is C25H30N2O6. The van der Waals surface area contributed by atoms with E-state index in [4.69, 9.17) is 4.74 Å². The third-order valence-corrected chi connectivity index (χ3v) is 5.57. The molecule has 0 bridgehead atoms. The fourth-order valence-corrected chi connectivity index (χ4v) is 3.60. The molecule has 1 saturated heterocycles. The van der Waals surface area contributed by atoms with Crippen LogP contribution in [-0.4, -0.2) is 65.3 Å². The van der Waals surface area contributed by atoms with E-state index in [-0.39, 0.29) is 12.5 Å². The van der Waals surface area contributed by atoms with E-state index in [0.717, 1.165) is 11.1 Å². The van der Waals surface area contributed by atoms with Gasteiger partial charge in [-0.1, -0.05) is 56.3 Å². The lowest BCUT2D eigenvalue weighted by Crippen LogP contribution is -2.55. The van der Waals surface area contributed by atoms with Gasteiger partial charge < -0.3 is 25.6 Å². The van der Waals surface area contributed by atoms with Gasteiger partial charge in [0.2, 0.25) is 5.91 Å². The molecule has 2 aromatic carbocycles. The smallest absolute Gasteiger partial charge is 0.252 e. The third-order valence-electron chi connectivity index (χ3n) is 5.57. The van der Waals surface area contributed by atoms with Crippen molar-refractivity contribution in [1.82, 2.24) is 10.6 Å². The summed E-state index contributed by atoms with van der Waals surface area (Å²) in [4.78, 5) is 38.4. The van der Waals surface area contributed by atoms with Gasteiger partial charge in [-0.15, -0.1) is 0 Å². The van der Waals surface area contributed by atoms with E-state index >= 15 is 0 Å². The van der Waals surface area contributed by atoms with Gasteiger partial charge in [-0.2, -0.15) is 0 Å². The number of ether oxygens (including phenoxy) is 1. The van der Waals surface area contributed by atoms with E-state index in [1.54, 1.807) is 18.2 Å². The van der Waals surface area contributed by atoms with Crippen LogP contribution in [0.15, 0.2) is 54.6 Å². The minimum absolute atomic E-state index is 0.0802. The Balaban J connectivity index is 1.70. The number of epoxide rings is 1. The van der Waals surface area contributed by atoms with Gasteiger partial charge in [-0.3, -0.25) is 14.4 Å². The zero-order chi connectivity index (χ0) is 24.0. The molecule has 0 aromatic heterocycles. The Kier molecular flexibility index (Phi) is 7.97. The second kappa shape index (κ2) is 10.7. The molecule has 3 atom stereocenters. The number of benzene rings is 2. The maximum atomic E-state index is 12.8. The highest BCUT2D eigenvalue weighted by Gasteiger charge is 2.54. The van der Waals surface area contributed by atoms with Crippen molar-refractivity contribution in [3.05, 3.63) is 60.2 Å². The van der Waals surface area contributed by atoms with Crippen molar-refractivity contribution in [3.8, 4) is 11.1 Å². The van der Waals surface area contributed by atoms with Gasteiger partial charge in [0, 0.05) is 5.56 Å². The Bertz CT molecular complexity index is 987. The molecule has 176 valence electrons. The number of aliphatic hydroxyl groups excluding tert-OH is 2. The van der Waals surface area contributed by atoms with Crippen molar-refractivity contribution in [2.45, 2.75) is 38.0 Å². The maximum absolute atomic E-state index is 12.8. The highest BCUT2D eigenvalue weighted by molar-refractivity contribution is 6.00. The summed E-state index contributed by atoms with van der Waals surface area (Å²) in [5.41, 5.74) is 0.846. The Morgan fingerprint density at radius 1 is 0.970 bits per heavy atom. The summed E-state index contributed by atoms with van der Waals surface area (Å²) in [5, 5.41) is 24.4. The van der Waals surface area contributed by atoms with E-state index in [1.165, 1.54) is 0 Å². The Morgan fingerprint density at radius 2 is 1.64 bits per heavy atom. The van der Waals surface area contributed by atoms with E-state index in [9.17, 15) is 24.6 Å². The molecule has 2 aromatic rings. The molecule has 2 amide bonds. The second-order valence-electron chi connectivity index (χ2n) is 8.65. The Hall–Kier alpha value is -3.07. The molecule has 8 heteroatoms. The monoisotopic (exact) mass is 454 g/mol. The van der Waals surface area contributed by atoms with Crippen LogP contribution in [0.5, 0.6) is 0 Å². The lowest BCUT2D eigenvalue weighted by atomic mass is 9.92. The SMILES string of the molecule is CC(C)C[C@H](NC(=O)[C@H](CO)NC(=O)c1cccc(-c2ccccc2)c1)C(=O)[C@@]1(CO)CO1. The van der Waals surface area contributed by atoms with E-state index < -0.39 is 48.5 Å². The first-order valence-electron chi connectivity index (χ1n) is 11.0. The molecular weight excluding hydrogens is 424 g/mol. The zero-order valence-electron chi connectivity index (χ0n) is 18.8. The number of rotatable bonds is 11. The van der Waals surface area contributed by atoms with Gasteiger partial charge in [0.15, 0.2) is 11.4 Å². The lowest BCUT2D eigenvalue weighted by molar-refractivity contribution is -0.133. The van der Waals surface area contributed by atoms with Gasteiger partial charge in [-0.25, -0.2) is 0 Å². The minimum Gasteiger partial charge on any atom is -0.394 e. The summed E-state index contributed by atoms with van der Waals surface area (Å²) >= 11 is 0. The molecule has 0 saturated carbocycles. The van der Waals surface area contributed by atoms with Crippen molar-refractivity contribution in [2.75, 3.05) is 19.8 Å². The van der Waals surface area contributed by atoms with E-state index in [1.807, 2.05) is 50.2 Å². The number of ketones is 1. The third kappa shape index (κ3) is 6.04. The fourth-order valence-electron chi connectivity index (χ4n) is 3.60. The van der Waals surface area contributed by atoms with Gasteiger partial charge in [-0.05, 0) is 35.6 Å². The van der Waals surface area contributed by atoms with Crippen molar-refractivity contribution in [3.63, 3.8) is 0 Å². The molecule has 0 unspecified atom stereocenters.